The molecule has 1 fully saturated rings. The van der Waals surface area contributed by atoms with E-state index in [-0.39, 0.29) is 17.8 Å². The number of carbonyl (C=O) groups is 1. The second-order valence-electron chi connectivity index (χ2n) is 3.84. The molecule has 0 saturated carbocycles. The molecule has 0 radical (unpaired) electrons. The molecule has 1 aromatic rings. The van der Waals surface area contributed by atoms with Crippen molar-refractivity contribution in [1.29, 1.82) is 0 Å². The normalized spacial score (nSPS) is 25.5. The molecule has 4 nitrogen and oxygen atoms in total. The van der Waals surface area contributed by atoms with Crippen LogP contribution in [0.3, 0.4) is 0 Å². The number of esters is 1. The number of rotatable bonds is 2. The van der Waals surface area contributed by atoms with Gasteiger partial charge in [-0.25, -0.2) is 0 Å². The Bertz CT molecular complexity index is 358. The predicted molar refractivity (Wildman–Crippen MR) is 54.6 cm³/mol. The third kappa shape index (κ3) is 1.90. The van der Waals surface area contributed by atoms with Gasteiger partial charge in [-0.05, 0) is 19.1 Å². The van der Waals surface area contributed by atoms with E-state index in [1.165, 1.54) is 7.11 Å². The number of carbonyl (C=O) groups excluding carboxylic acids is 1. The maximum atomic E-state index is 11.5. The second-order valence-corrected chi connectivity index (χ2v) is 3.84. The molecule has 82 valence electrons. The quantitative estimate of drug-likeness (QED) is 0.740. The maximum absolute atomic E-state index is 11.5. The molecule has 15 heavy (non-hydrogen) atoms. The monoisotopic (exact) mass is 209 g/mol. The van der Waals surface area contributed by atoms with E-state index in [2.05, 4.69) is 5.32 Å². The van der Waals surface area contributed by atoms with Crippen LogP contribution < -0.4 is 5.32 Å². The molecule has 2 heterocycles. The Labute approximate surface area is 88.6 Å². The number of hydrogen-bond donors (Lipinski definition) is 1. The number of ether oxygens (including phenoxy) is 1. The van der Waals surface area contributed by atoms with Crippen LogP contribution in [0.5, 0.6) is 0 Å². The van der Waals surface area contributed by atoms with Crippen molar-refractivity contribution in [2.24, 2.45) is 5.92 Å². The molecule has 0 aliphatic carbocycles. The van der Waals surface area contributed by atoms with Crippen LogP contribution in [0.25, 0.3) is 0 Å². The molecule has 0 bridgehead atoms. The van der Waals surface area contributed by atoms with E-state index in [0.717, 1.165) is 18.1 Å². The van der Waals surface area contributed by atoms with Gasteiger partial charge in [-0.3, -0.25) is 4.79 Å². The van der Waals surface area contributed by atoms with Crippen molar-refractivity contribution in [2.75, 3.05) is 20.2 Å². The van der Waals surface area contributed by atoms with Crippen molar-refractivity contribution in [3.63, 3.8) is 0 Å². The zero-order valence-corrected chi connectivity index (χ0v) is 8.95. The van der Waals surface area contributed by atoms with E-state index in [1.54, 1.807) is 0 Å². The van der Waals surface area contributed by atoms with Gasteiger partial charge in [0.1, 0.15) is 11.5 Å². The van der Waals surface area contributed by atoms with Crippen LogP contribution in [0.1, 0.15) is 17.4 Å². The Morgan fingerprint density at radius 3 is 2.93 bits per heavy atom. The first-order valence-electron chi connectivity index (χ1n) is 5.07. The SMILES string of the molecule is COC(=O)C1CNCC1c1ccc(C)o1. The molecule has 2 atom stereocenters. The van der Waals surface area contributed by atoms with E-state index in [9.17, 15) is 4.79 Å². The first-order chi connectivity index (χ1) is 7.22. The Hall–Kier alpha value is -1.29. The van der Waals surface area contributed by atoms with Crippen molar-refractivity contribution in [2.45, 2.75) is 12.8 Å². The third-order valence-corrected chi connectivity index (χ3v) is 2.84. The highest BCUT2D eigenvalue weighted by atomic mass is 16.5. The molecule has 2 rings (SSSR count). The van der Waals surface area contributed by atoms with Crippen molar-refractivity contribution in [3.05, 3.63) is 23.7 Å². The van der Waals surface area contributed by atoms with E-state index in [4.69, 9.17) is 9.15 Å². The summed E-state index contributed by atoms with van der Waals surface area (Å²) in [7, 11) is 1.42. The van der Waals surface area contributed by atoms with Gasteiger partial charge in [0.25, 0.3) is 0 Å². The summed E-state index contributed by atoms with van der Waals surface area (Å²) >= 11 is 0. The summed E-state index contributed by atoms with van der Waals surface area (Å²) in [4.78, 5) is 11.5. The number of methoxy groups -OCH3 is 1. The molecule has 1 saturated heterocycles. The van der Waals surface area contributed by atoms with Gasteiger partial charge in [-0.15, -0.1) is 0 Å². The molecular weight excluding hydrogens is 194 g/mol. The van der Waals surface area contributed by atoms with Crippen molar-refractivity contribution in [1.82, 2.24) is 5.32 Å². The summed E-state index contributed by atoms with van der Waals surface area (Å²) in [6.45, 7) is 3.34. The Morgan fingerprint density at radius 2 is 2.33 bits per heavy atom. The molecule has 1 N–H and O–H groups in total. The van der Waals surface area contributed by atoms with Crippen LogP contribution in [0.2, 0.25) is 0 Å². The fourth-order valence-electron chi connectivity index (χ4n) is 2.03. The topological polar surface area (TPSA) is 51.5 Å². The summed E-state index contributed by atoms with van der Waals surface area (Å²) in [5.74, 6) is 1.55. The van der Waals surface area contributed by atoms with Gasteiger partial charge >= 0.3 is 5.97 Å². The number of hydrogen-bond acceptors (Lipinski definition) is 4. The molecule has 1 aromatic heterocycles. The second kappa shape index (κ2) is 4.06. The van der Waals surface area contributed by atoms with Gasteiger partial charge < -0.3 is 14.5 Å². The molecule has 1 aliphatic rings. The fourth-order valence-corrected chi connectivity index (χ4v) is 2.03. The lowest BCUT2D eigenvalue weighted by Gasteiger charge is -2.13. The van der Waals surface area contributed by atoms with E-state index in [1.807, 2.05) is 19.1 Å². The minimum atomic E-state index is -0.168. The average Bonchev–Trinajstić information content (AvgIpc) is 2.84. The Balaban J connectivity index is 2.18. The van der Waals surface area contributed by atoms with Crippen molar-refractivity contribution < 1.29 is 13.9 Å². The fraction of sp³-hybridized carbons (Fsp3) is 0.545. The van der Waals surface area contributed by atoms with Gasteiger partial charge in [0.15, 0.2) is 0 Å². The van der Waals surface area contributed by atoms with E-state index < -0.39 is 0 Å². The van der Waals surface area contributed by atoms with E-state index >= 15 is 0 Å². The Kier molecular flexibility index (Phi) is 2.77. The summed E-state index contributed by atoms with van der Waals surface area (Å²) in [5, 5.41) is 3.18. The van der Waals surface area contributed by atoms with Crippen LogP contribution in [-0.4, -0.2) is 26.2 Å². The van der Waals surface area contributed by atoms with Gasteiger partial charge in [0, 0.05) is 19.0 Å². The van der Waals surface area contributed by atoms with Crippen LogP contribution in [0.15, 0.2) is 16.5 Å². The van der Waals surface area contributed by atoms with Crippen LogP contribution in [0.4, 0.5) is 0 Å². The predicted octanol–water partition coefficient (Wildman–Crippen LogP) is 1.06. The lowest BCUT2D eigenvalue weighted by atomic mass is 9.94. The smallest absolute Gasteiger partial charge is 0.310 e. The lowest BCUT2D eigenvalue weighted by molar-refractivity contribution is -0.145. The highest BCUT2D eigenvalue weighted by Gasteiger charge is 2.36. The van der Waals surface area contributed by atoms with Gasteiger partial charge in [0.2, 0.25) is 0 Å². The van der Waals surface area contributed by atoms with Crippen molar-refractivity contribution in [3.8, 4) is 0 Å². The summed E-state index contributed by atoms with van der Waals surface area (Å²) < 4.78 is 10.3. The number of aryl methyl sites for hydroxylation is 1. The van der Waals surface area contributed by atoms with Crippen LogP contribution >= 0.6 is 0 Å². The lowest BCUT2D eigenvalue weighted by Crippen LogP contribution is -2.22. The van der Waals surface area contributed by atoms with Crippen LogP contribution in [0, 0.1) is 12.8 Å². The highest BCUT2D eigenvalue weighted by molar-refractivity contribution is 5.74. The Morgan fingerprint density at radius 1 is 1.53 bits per heavy atom. The molecule has 1 aliphatic heterocycles. The number of nitrogens with one attached hydrogen (secondary N) is 1. The largest absolute Gasteiger partial charge is 0.469 e. The molecule has 0 aromatic carbocycles. The minimum absolute atomic E-state index is 0.103. The average molecular weight is 209 g/mol. The summed E-state index contributed by atoms with van der Waals surface area (Å²) in [6, 6.07) is 3.85. The van der Waals surface area contributed by atoms with Crippen LogP contribution in [-0.2, 0) is 9.53 Å². The molecular formula is C11H15NO3. The van der Waals surface area contributed by atoms with Crippen molar-refractivity contribution >= 4 is 5.97 Å². The van der Waals surface area contributed by atoms with Gasteiger partial charge in [-0.1, -0.05) is 0 Å². The minimum Gasteiger partial charge on any atom is -0.469 e. The summed E-state index contributed by atoms with van der Waals surface area (Å²) in [5.41, 5.74) is 0. The van der Waals surface area contributed by atoms with Gasteiger partial charge in [-0.2, -0.15) is 0 Å². The van der Waals surface area contributed by atoms with Gasteiger partial charge in [0.05, 0.1) is 13.0 Å². The number of furan rings is 1. The first kappa shape index (κ1) is 10.2. The summed E-state index contributed by atoms with van der Waals surface area (Å²) in [6.07, 6.45) is 0. The molecule has 4 heteroatoms. The molecule has 2 unspecified atom stereocenters. The molecule has 0 spiro atoms. The zero-order valence-electron chi connectivity index (χ0n) is 8.95. The molecule has 0 amide bonds. The van der Waals surface area contributed by atoms with E-state index in [0.29, 0.717) is 6.54 Å². The maximum Gasteiger partial charge on any atom is 0.310 e. The standard InChI is InChI=1S/C11H15NO3/c1-7-3-4-10(15-7)8-5-12-6-9(8)11(13)14-2/h3-4,8-9,12H,5-6H2,1-2H3. The first-order valence-corrected chi connectivity index (χ1v) is 5.07. The third-order valence-electron chi connectivity index (χ3n) is 2.84. The highest BCUT2D eigenvalue weighted by Crippen LogP contribution is 2.30. The zero-order chi connectivity index (χ0) is 10.8.